The van der Waals surface area contributed by atoms with E-state index in [0.29, 0.717) is 6.04 Å². The van der Waals surface area contributed by atoms with E-state index in [2.05, 4.69) is 51.9 Å². The van der Waals surface area contributed by atoms with Gasteiger partial charge >= 0.3 is 0 Å². The Balaban J connectivity index is 1.39. The molecule has 6 heteroatoms. The molecular formula is C27H32N4O2. The van der Waals surface area contributed by atoms with Gasteiger partial charge in [-0.3, -0.25) is 0 Å². The van der Waals surface area contributed by atoms with Crippen LogP contribution in [0.5, 0.6) is 5.75 Å². The number of aromatic nitrogens is 3. The first-order valence-electron chi connectivity index (χ1n) is 12.3. The van der Waals surface area contributed by atoms with Gasteiger partial charge in [-0.1, -0.05) is 32.1 Å². The van der Waals surface area contributed by atoms with Crippen LogP contribution in [0.15, 0.2) is 30.5 Å². The summed E-state index contributed by atoms with van der Waals surface area (Å²) in [7, 11) is 0. The third-order valence-electron chi connectivity index (χ3n) is 7.21. The van der Waals surface area contributed by atoms with Crippen molar-refractivity contribution in [1.82, 2.24) is 14.5 Å². The second-order valence-electron chi connectivity index (χ2n) is 9.43. The zero-order chi connectivity index (χ0) is 22.6. The molecule has 0 bridgehead atoms. The molecule has 2 fully saturated rings. The molecule has 3 aromatic rings. The topological polar surface area (TPSA) is 73.0 Å². The molecule has 1 saturated carbocycles. The van der Waals surface area contributed by atoms with Gasteiger partial charge in [0, 0.05) is 36.4 Å². The van der Waals surface area contributed by atoms with E-state index in [-0.39, 0.29) is 5.82 Å². The zero-order valence-electron chi connectivity index (χ0n) is 19.4. The van der Waals surface area contributed by atoms with Crippen LogP contribution < -0.4 is 4.74 Å². The van der Waals surface area contributed by atoms with Crippen LogP contribution in [0, 0.1) is 24.2 Å². The van der Waals surface area contributed by atoms with Gasteiger partial charge in [0.25, 0.3) is 0 Å². The van der Waals surface area contributed by atoms with E-state index in [4.69, 9.17) is 9.47 Å². The fraction of sp³-hybridized carbons (Fsp3) is 0.519. The summed E-state index contributed by atoms with van der Waals surface area (Å²) in [6.07, 6.45) is 11.9. The number of hydrogen-bond acceptors (Lipinski definition) is 5. The number of nitriles is 1. The number of rotatable bonds is 6. The summed E-state index contributed by atoms with van der Waals surface area (Å²) < 4.78 is 13.9. The average molecular weight is 445 g/mol. The van der Waals surface area contributed by atoms with E-state index in [1.165, 1.54) is 32.1 Å². The van der Waals surface area contributed by atoms with Crippen LogP contribution in [0.25, 0.3) is 22.3 Å². The summed E-state index contributed by atoms with van der Waals surface area (Å²) in [5.41, 5.74) is 3.71. The molecule has 33 heavy (non-hydrogen) atoms. The summed E-state index contributed by atoms with van der Waals surface area (Å²) in [6.45, 7) is 4.37. The van der Waals surface area contributed by atoms with E-state index in [0.717, 1.165) is 78.6 Å². The van der Waals surface area contributed by atoms with Gasteiger partial charge in [-0.25, -0.2) is 9.97 Å². The molecule has 2 aliphatic rings. The van der Waals surface area contributed by atoms with Gasteiger partial charge in [0.15, 0.2) is 0 Å². The quantitative estimate of drug-likeness (QED) is 0.468. The van der Waals surface area contributed by atoms with Crippen LogP contribution in [0.1, 0.15) is 68.8 Å². The summed E-state index contributed by atoms with van der Waals surface area (Å²) in [5.74, 6) is 1.95. The number of benzene rings is 1. The van der Waals surface area contributed by atoms with Gasteiger partial charge < -0.3 is 14.0 Å². The van der Waals surface area contributed by atoms with E-state index in [9.17, 15) is 5.26 Å². The summed E-state index contributed by atoms with van der Waals surface area (Å²) in [5, 5.41) is 10.6. The van der Waals surface area contributed by atoms with Crippen molar-refractivity contribution in [2.45, 2.75) is 64.3 Å². The minimum atomic E-state index is 0.204. The Morgan fingerprint density at radius 1 is 1.09 bits per heavy atom. The Hall–Kier alpha value is -2.91. The maximum absolute atomic E-state index is 9.59. The first-order chi connectivity index (χ1) is 16.2. The molecule has 0 unspecified atom stereocenters. The van der Waals surface area contributed by atoms with Crippen molar-refractivity contribution >= 4 is 11.0 Å². The van der Waals surface area contributed by atoms with Crippen molar-refractivity contribution in [3.63, 3.8) is 0 Å². The minimum absolute atomic E-state index is 0.204. The Morgan fingerprint density at radius 3 is 2.67 bits per heavy atom. The number of nitrogens with zero attached hydrogens (tertiary/aromatic N) is 4. The molecule has 1 saturated heterocycles. The molecule has 1 aliphatic carbocycles. The maximum atomic E-state index is 9.59. The van der Waals surface area contributed by atoms with Gasteiger partial charge in [0.2, 0.25) is 5.82 Å². The molecule has 2 aromatic heterocycles. The average Bonchev–Trinajstić information content (AvgIpc) is 3.29. The lowest BCUT2D eigenvalue weighted by Gasteiger charge is -2.24. The second-order valence-corrected chi connectivity index (χ2v) is 9.43. The lowest BCUT2D eigenvalue weighted by atomic mass is 9.87. The van der Waals surface area contributed by atoms with Crippen molar-refractivity contribution in [3.05, 3.63) is 41.9 Å². The van der Waals surface area contributed by atoms with Gasteiger partial charge in [-0.2, -0.15) is 5.26 Å². The highest BCUT2D eigenvalue weighted by Crippen LogP contribution is 2.33. The van der Waals surface area contributed by atoms with Crippen molar-refractivity contribution in [1.29, 1.82) is 5.26 Å². The summed E-state index contributed by atoms with van der Waals surface area (Å²) in [4.78, 5) is 9.16. The van der Waals surface area contributed by atoms with Crippen LogP contribution in [0.3, 0.4) is 0 Å². The number of hydrogen-bond donors (Lipinski definition) is 0. The molecule has 0 spiro atoms. The normalized spacial score (nSPS) is 17.8. The molecule has 1 aliphatic heterocycles. The second kappa shape index (κ2) is 9.93. The first-order valence-corrected chi connectivity index (χ1v) is 12.3. The third kappa shape index (κ3) is 4.74. The molecule has 0 N–H and O–H groups in total. The largest absolute Gasteiger partial charge is 0.493 e. The zero-order valence-corrected chi connectivity index (χ0v) is 19.4. The summed E-state index contributed by atoms with van der Waals surface area (Å²) >= 11 is 0. The Kier molecular flexibility index (Phi) is 6.59. The standard InChI is InChI=1S/C27H32N4O2/c1-19-17-21(7-8-24(19)33-16-10-20-5-3-2-4-6-20)26-23-9-13-31(22-11-14-32-15-12-22)27(23)30-25(18-28)29-26/h7-9,13,17,20,22H,2-6,10-12,14-16H2,1H3. The van der Waals surface area contributed by atoms with Crippen LogP contribution in [0.2, 0.25) is 0 Å². The monoisotopic (exact) mass is 444 g/mol. The lowest BCUT2D eigenvalue weighted by Crippen LogP contribution is -2.19. The lowest BCUT2D eigenvalue weighted by molar-refractivity contribution is 0.0706. The molecule has 0 radical (unpaired) electrons. The van der Waals surface area contributed by atoms with Gasteiger partial charge in [-0.05, 0) is 61.9 Å². The van der Waals surface area contributed by atoms with Crippen molar-refractivity contribution in [3.8, 4) is 23.1 Å². The Bertz CT molecular complexity index is 1150. The third-order valence-corrected chi connectivity index (χ3v) is 7.21. The van der Waals surface area contributed by atoms with E-state index in [1.807, 2.05) is 6.07 Å². The predicted octanol–water partition coefficient (Wildman–Crippen LogP) is 5.98. The maximum Gasteiger partial charge on any atom is 0.234 e. The van der Waals surface area contributed by atoms with Crippen LogP contribution in [-0.2, 0) is 4.74 Å². The van der Waals surface area contributed by atoms with E-state index >= 15 is 0 Å². The van der Waals surface area contributed by atoms with Crippen molar-refractivity contribution < 1.29 is 9.47 Å². The van der Waals surface area contributed by atoms with Gasteiger partial charge in [-0.15, -0.1) is 0 Å². The molecule has 0 amide bonds. The number of aryl methyl sites for hydroxylation is 1. The SMILES string of the molecule is Cc1cc(-c2nc(C#N)nc3c2ccn3C2CCOCC2)ccc1OCCC1CCCCC1. The van der Waals surface area contributed by atoms with Gasteiger partial charge in [0.05, 0.1) is 12.3 Å². The predicted molar refractivity (Wildman–Crippen MR) is 128 cm³/mol. The first kappa shape index (κ1) is 21.9. The molecule has 5 rings (SSSR count). The highest BCUT2D eigenvalue weighted by atomic mass is 16.5. The molecule has 1 aromatic carbocycles. The highest BCUT2D eigenvalue weighted by molar-refractivity contribution is 5.91. The van der Waals surface area contributed by atoms with E-state index in [1.54, 1.807) is 0 Å². The van der Waals surface area contributed by atoms with Gasteiger partial charge in [0.1, 0.15) is 17.5 Å². The van der Waals surface area contributed by atoms with E-state index < -0.39 is 0 Å². The Labute approximate surface area is 195 Å². The van der Waals surface area contributed by atoms with Crippen LogP contribution in [-0.4, -0.2) is 34.4 Å². The van der Waals surface area contributed by atoms with Crippen molar-refractivity contribution in [2.75, 3.05) is 19.8 Å². The summed E-state index contributed by atoms with van der Waals surface area (Å²) in [6, 6.07) is 10.8. The minimum Gasteiger partial charge on any atom is -0.493 e. The molecular weight excluding hydrogens is 412 g/mol. The van der Waals surface area contributed by atoms with Crippen LogP contribution >= 0.6 is 0 Å². The van der Waals surface area contributed by atoms with Crippen LogP contribution in [0.4, 0.5) is 0 Å². The number of fused-ring (bicyclic) bond motifs is 1. The molecule has 0 atom stereocenters. The van der Waals surface area contributed by atoms with Crippen molar-refractivity contribution in [2.24, 2.45) is 5.92 Å². The Morgan fingerprint density at radius 2 is 1.91 bits per heavy atom. The fourth-order valence-corrected chi connectivity index (χ4v) is 5.33. The fourth-order valence-electron chi connectivity index (χ4n) is 5.33. The number of ether oxygens (including phenoxy) is 2. The molecule has 3 heterocycles. The molecule has 172 valence electrons. The molecule has 6 nitrogen and oxygen atoms in total. The smallest absolute Gasteiger partial charge is 0.234 e. The highest BCUT2D eigenvalue weighted by Gasteiger charge is 2.21.